The number of anilines is 1. The molecule has 0 fully saturated rings. The van der Waals surface area contributed by atoms with Crippen LogP contribution in [0.5, 0.6) is 5.75 Å². The number of benzene rings is 1. The predicted molar refractivity (Wildman–Crippen MR) is 92.1 cm³/mol. The van der Waals surface area contributed by atoms with Crippen molar-refractivity contribution in [3.8, 4) is 5.75 Å². The van der Waals surface area contributed by atoms with E-state index in [1.807, 2.05) is 41.9 Å². The fourth-order valence-corrected chi connectivity index (χ4v) is 2.53. The second-order valence-corrected chi connectivity index (χ2v) is 5.69. The Morgan fingerprint density at radius 3 is 2.87 bits per heavy atom. The Bertz CT molecular complexity index is 797. The van der Waals surface area contributed by atoms with Gasteiger partial charge in [-0.05, 0) is 38.0 Å². The summed E-state index contributed by atoms with van der Waals surface area (Å²) in [7, 11) is 0. The van der Waals surface area contributed by atoms with E-state index in [9.17, 15) is 0 Å². The molecular formula is C18H22N4O. The van der Waals surface area contributed by atoms with Gasteiger partial charge in [0.15, 0.2) is 5.82 Å². The van der Waals surface area contributed by atoms with Crippen molar-refractivity contribution in [1.29, 1.82) is 0 Å². The standard InChI is InChI=1S/C18H22N4O/c1-4-15(23-17-8-6-5-7-13(17)2)12-20-18-16-11-14(3)21-22(16)10-9-19-18/h5-11,15H,4,12H2,1-3H3,(H,19,20). The molecule has 5 nitrogen and oxygen atoms in total. The van der Waals surface area contributed by atoms with Crippen LogP contribution in [0.25, 0.3) is 5.52 Å². The van der Waals surface area contributed by atoms with Crippen molar-refractivity contribution >= 4 is 11.3 Å². The molecule has 0 aliphatic rings. The summed E-state index contributed by atoms with van der Waals surface area (Å²) in [5.74, 6) is 1.77. The van der Waals surface area contributed by atoms with Crippen molar-refractivity contribution < 1.29 is 4.74 Å². The molecule has 0 aliphatic heterocycles. The number of aryl methyl sites for hydroxylation is 2. The smallest absolute Gasteiger partial charge is 0.152 e. The second kappa shape index (κ2) is 6.69. The monoisotopic (exact) mass is 310 g/mol. The van der Waals surface area contributed by atoms with E-state index in [1.54, 1.807) is 6.20 Å². The summed E-state index contributed by atoms with van der Waals surface area (Å²) in [6.07, 6.45) is 4.62. The lowest BCUT2D eigenvalue weighted by molar-refractivity contribution is 0.208. The van der Waals surface area contributed by atoms with E-state index in [4.69, 9.17) is 4.74 Å². The van der Waals surface area contributed by atoms with Gasteiger partial charge in [-0.2, -0.15) is 5.10 Å². The lowest BCUT2D eigenvalue weighted by atomic mass is 10.2. The minimum Gasteiger partial charge on any atom is -0.488 e. The molecule has 0 radical (unpaired) electrons. The molecule has 2 aromatic heterocycles. The first-order valence-electron chi connectivity index (χ1n) is 7.94. The second-order valence-electron chi connectivity index (χ2n) is 5.69. The Kier molecular flexibility index (Phi) is 4.46. The largest absolute Gasteiger partial charge is 0.488 e. The van der Waals surface area contributed by atoms with Crippen molar-refractivity contribution in [3.63, 3.8) is 0 Å². The van der Waals surface area contributed by atoms with Gasteiger partial charge >= 0.3 is 0 Å². The summed E-state index contributed by atoms with van der Waals surface area (Å²) in [6.45, 7) is 6.86. The van der Waals surface area contributed by atoms with Gasteiger partial charge in [-0.15, -0.1) is 0 Å². The highest BCUT2D eigenvalue weighted by Crippen LogP contribution is 2.20. The van der Waals surface area contributed by atoms with Crippen LogP contribution >= 0.6 is 0 Å². The minimum atomic E-state index is 0.0853. The summed E-state index contributed by atoms with van der Waals surface area (Å²) in [4.78, 5) is 4.42. The van der Waals surface area contributed by atoms with Gasteiger partial charge in [-0.25, -0.2) is 9.50 Å². The van der Waals surface area contributed by atoms with E-state index in [0.717, 1.165) is 34.8 Å². The molecule has 2 heterocycles. The Morgan fingerprint density at radius 2 is 2.09 bits per heavy atom. The van der Waals surface area contributed by atoms with E-state index in [2.05, 4.69) is 35.3 Å². The number of ether oxygens (including phenoxy) is 1. The average molecular weight is 310 g/mol. The van der Waals surface area contributed by atoms with Gasteiger partial charge in [0.2, 0.25) is 0 Å². The van der Waals surface area contributed by atoms with Gasteiger partial charge in [-0.3, -0.25) is 0 Å². The number of nitrogens with zero attached hydrogens (tertiary/aromatic N) is 3. The zero-order valence-corrected chi connectivity index (χ0v) is 13.8. The molecule has 3 rings (SSSR count). The minimum absolute atomic E-state index is 0.0853. The van der Waals surface area contributed by atoms with Crippen LogP contribution in [0.3, 0.4) is 0 Å². The van der Waals surface area contributed by atoms with Gasteiger partial charge in [-0.1, -0.05) is 25.1 Å². The fraction of sp³-hybridized carbons (Fsp3) is 0.333. The number of para-hydroxylation sites is 1. The first kappa shape index (κ1) is 15.3. The zero-order valence-electron chi connectivity index (χ0n) is 13.8. The van der Waals surface area contributed by atoms with Crippen LogP contribution in [0.4, 0.5) is 5.82 Å². The van der Waals surface area contributed by atoms with Gasteiger partial charge in [0.25, 0.3) is 0 Å². The van der Waals surface area contributed by atoms with Crippen LogP contribution < -0.4 is 10.1 Å². The molecule has 1 atom stereocenters. The SMILES string of the molecule is CCC(CNc1nccn2nc(C)cc12)Oc1ccccc1C. The maximum absolute atomic E-state index is 6.12. The molecule has 1 aromatic carbocycles. The van der Waals surface area contributed by atoms with Crippen LogP contribution in [0.1, 0.15) is 24.6 Å². The topological polar surface area (TPSA) is 51.5 Å². The number of hydrogen-bond acceptors (Lipinski definition) is 4. The van der Waals surface area contributed by atoms with Gasteiger partial charge in [0, 0.05) is 12.4 Å². The highest BCUT2D eigenvalue weighted by Gasteiger charge is 2.11. The average Bonchev–Trinajstić information content (AvgIpc) is 2.94. The molecule has 0 aliphatic carbocycles. The van der Waals surface area contributed by atoms with Crippen LogP contribution in [-0.2, 0) is 0 Å². The molecule has 5 heteroatoms. The normalized spacial score (nSPS) is 12.3. The van der Waals surface area contributed by atoms with E-state index in [-0.39, 0.29) is 6.10 Å². The number of aromatic nitrogens is 3. The molecule has 1 N–H and O–H groups in total. The molecule has 3 aromatic rings. The van der Waals surface area contributed by atoms with Crippen molar-refractivity contribution in [2.24, 2.45) is 0 Å². The summed E-state index contributed by atoms with van der Waals surface area (Å²) in [5, 5.41) is 7.80. The Balaban J connectivity index is 1.71. The highest BCUT2D eigenvalue weighted by atomic mass is 16.5. The molecule has 120 valence electrons. The Morgan fingerprint density at radius 1 is 1.26 bits per heavy atom. The molecule has 23 heavy (non-hydrogen) atoms. The number of fused-ring (bicyclic) bond motifs is 1. The third-order valence-electron chi connectivity index (χ3n) is 3.85. The Labute approximate surface area is 136 Å². The lowest BCUT2D eigenvalue weighted by Crippen LogP contribution is -2.26. The van der Waals surface area contributed by atoms with E-state index in [0.29, 0.717) is 6.54 Å². The van der Waals surface area contributed by atoms with Gasteiger partial charge in [0.1, 0.15) is 17.4 Å². The van der Waals surface area contributed by atoms with Crippen molar-refractivity contribution in [1.82, 2.24) is 14.6 Å². The highest BCUT2D eigenvalue weighted by molar-refractivity contribution is 5.67. The summed E-state index contributed by atoms with van der Waals surface area (Å²) < 4.78 is 7.96. The number of rotatable bonds is 6. The maximum Gasteiger partial charge on any atom is 0.152 e. The van der Waals surface area contributed by atoms with Crippen LogP contribution in [0.15, 0.2) is 42.7 Å². The first-order chi connectivity index (χ1) is 11.2. The lowest BCUT2D eigenvalue weighted by Gasteiger charge is -2.20. The van der Waals surface area contributed by atoms with E-state index >= 15 is 0 Å². The van der Waals surface area contributed by atoms with Crippen molar-refractivity contribution in [2.75, 3.05) is 11.9 Å². The summed E-state index contributed by atoms with van der Waals surface area (Å²) >= 11 is 0. The molecular weight excluding hydrogens is 288 g/mol. The number of hydrogen-bond donors (Lipinski definition) is 1. The predicted octanol–water partition coefficient (Wildman–Crippen LogP) is 3.62. The molecule has 0 spiro atoms. The third kappa shape index (κ3) is 3.44. The first-order valence-corrected chi connectivity index (χ1v) is 7.94. The van der Waals surface area contributed by atoms with Gasteiger partial charge < -0.3 is 10.1 Å². The molecule has 0 saturated heterocycles. The third-order valence-corrected chi connectivity index (χ3v) is 3.85. The van der Waals surface area contributed by atoms with Crippen LogP contribution in [0.2, 0.25) is 0 Å². The molecule has 0 amide bonds. The Hall–Kier alpha value is -2.56. The zero-order chi connectivity index (χ0) is 16.2. The fourth-order valence-electron chi connectivity index (χ4n) is 2.53. The molecule has 0 saturated carbocycles. The number of nitrogens with one attached hydrogen (secondary N) is 1. The van der Waals surface area contributed by atoms with Crippen molar-refractivity contribution in [3.05, 3.63) is 54.0 Å². The van der Waals surface area contributed by atoms with E-state index < -0.39 is 0 Å². The van der Waals surface area contributed by atoms with Crippen molar-refractivity contribution in [2.45, 2.75) is 33.3 Å². The maximum atomic E-state index is 6.12. The quantitative estimate of drug-likeness (QED) is 0.755. The van der Waals surface area contributed by atoms with Gasteiger partial charge in [0.05, 0.1) is 12.2 Å². The molecule has 0 bridgehead atoms. The van der Waals surface area contributed by atoms with E-state index in [1.165, 1.54) is 0 Å². The molecule has 1 unspecified atom stereocenters. The summed E-state index contributed by atoms with van der Waals surface area (Å²) in [6, 6.07) is 10.1. The van der Waals surface area contributed by atoms with Crippen LogP contribution in [0, 0.1) is 13.8 Å². The van der Waals surface area contributed by atoms with Crippen LogP contribution in [-0.4, -0.2) is 27.2 Å². The summed E-state index contributed by atoms with van der Waals surface area (Å²) in [5.41, 5.74) is 3.11.